The lowest BCUT2D eigenvalue weighted by Crippen LogP contribution is -2.30. The molecule has 0 aliphatic heterocycles. The second-order valence-corrected chi connectivity index (χ2v) is 17.4. The van der Waals surface area contributed by atoms with Gasteiger partial charge in [-0.3, -0.25) is 14.4 Å². The maximum absolute atomic E-state index is 12.8. The lowest BCUT2D eigenvalue weighted by molar-refractivity contribution is -0.166. The molecule has 0 fully saturated rings. The smallest absolute Gasteiger partial charge is 0.306 e. The van der Waals surface area contributed by atoms with E-state index >= 15 is 0 Å². The van der Waals surface area contributed by atoms with Gasteiger partial charge < -0.3 is 14.2 Å². The molecule has 0 aliphatic rings. The van der Waals surface area contributed by atoms with Crippen LogP contribution in [0.3, 0.4) is 0 Å². The minimum atomic E-state index is -0.814. The van der Waals surface area contributed by atoms with E-state index < -0.39 is 6.10 Å². The van der Waals surface area contributed by atoms with Gasteiger partial charge in [0.15, 0.2) is 6.10 Å². The van der Waals surface area contributed by atoms with Crippen LogP contribution in [0.1, 0.15) is 233 Å². The van der Waals surface area contributed by atoms with Crippen LogP contribution in [0.25, 0.3) is 0 Å². The third-order valence-corrected chi connectivity index (χ3v) is 11.0. The predicted molar refractivity (Wildman–Crippen MR) is 283 cm³/mol. The Bertz CT molecular complexity index is 1370. The third kappa shape index (κ3) is 51.1. The number of carbonyl (C=O) groups is 3. The zero-order valence-corrected chi connectivity index (χ0v) is 42.7. The van der Waals surface area contributed by atoms with Gasteiger partial charge in [0.2, 0.25) is 0 Å². The number of rotatable bonds is 47. The van der Waals surface area contributed by atoms with Crippen molar-refractivity contribution in [3.8, 4) is 0 Å². The van der Waals surface area contributed by atoms with Gasteiger partial charge in [-0.05, 0) is 89.9 Å². The van der Waals surface area contributed by atoms with Crippen LogP contribution in [0.15, 0.2) is 109 Å². The Morgan fingerprint density at radius 2 is 0.621 bits per heavy atom. The van der Waals surface area contributed by atoms with E-state index in [1.165, 1.54) is 70.6 Å². The Morgan fingerprint density at radius 1 is 0.318 bits per heavy atom. The molecule has 0 bridgehead atoms. The summed E-state index contributed by atoms with van der Waals surface area (Å²) in [5, 5.41) is 0. The van der Waals surface area contributed by atoms with Crippen molar-refractivity contribution in [3.63, 3.8) is 0 Å². The Labute approximate surface area is 406 Å². The molecule has 66 heavy (non-hydrogen) atoms. The highest BCUT2D eigenvalue weighted by molar-refractivity contribution is 5.71. The van der Waals surface area contributed by atoms with Crippen molar-refractivity contribution >= 4 is 17.9 Å². The molecule has 6 heteroatoms. The van der Waals surface area contributed by atoms with Crippen molar-refractivity contribution in [1.82, 2.24) is 0 Å². The summed E-state index contributed by atoms with van der Waals surface area (Å²) in [6.45, 7) is 6.32. The van der Waals surface area contributed by atoms with Gasteiger partial charge in [-0.15, -0.1) is 0 Å². The lowest BCUT2D eigenvalue weighted by Gasteiger charge is -2.18. The fourth-order valence-electron chi connectivity index (χ4n) is 7.07. The number of allylic oxidation sites excluding steroid dienone is 18. The summed E-state index contributed by atoms with van der Waals surface area (Å²) in [5.74, 6) is -1.01. The van der Waals surface area contributed by atoms with Crippen molar-refractivity contribution < 1.29 is 28.6 Å². The normalized spacial score (nSPS) is 13.0. The molecule has 0 saturated heterocycles. The molecule has 0 radical (unpaired) electrons. The maximum atomic E-state index is 12.8. The average Bonchev–Trinajstić information content (AvgIpc) is 3.31. The second kappa shape index (κ2) is 53.7. The van der Waals surface area contributed by atoms with Crippen LogP contribution in [0.2, 0.25) is 0 Å². The van der Waals surface area contributed by atoms with Gasteiger partial charge in [0.25, 0.3) is 0 Å². The van der Waals surface area contributed by atoms with Gasteiger partial charge in [-0.25, -0.2) is 0 Å². The molecule has 0 aromatic rings. The monoisotopic (exact) mass is 915 g/mol. The van der Waals surface area contributed by atoms with Gasteiger partial charge in [0.1, 0.15) is 13.2 Å². The molecular formula is C60H98O6. The minimum Gasteiger partial charge on any atom is -0.462 e. The standard InChI is InChI=1S/C60H98O6/c1-4-7-10-13-16-19-22-25-27-28-29-30-31-32-33-36-38-41-44-47-50-53-59(62)65-56-57(55-64-58(61)52-49-46-43-40-37-34-24-21-18-15-12-9-6-3)66-60(63)54-51-48-45-42-39-35-26-23-20-17-14-11-8-5-2/h7,9-10,12,16,18-19,21,25,27,29-30,32-34,37,43,46,57H,4-6,8,11,13-15,17,20,22-24,26,28,31,35-36,38-42,44-45,47-56H2,1-3H3/b10-7-,12-9-,19-16-,21-18-,27-25-,30-29-,33-32-,37-34-,46-43-. The Kier molecular flexibility index (Phi) is 50.5. The van der Waals surface area contributed by atoms with Gasteiger partial charge in [0.05, 0.1) is 0 Å². The van der Waals surface area contributed by atoms with E-state index in [0.29, 0.717) is 19.3 Å². The predicted octanol–water partition coefficient (Wildman–Crippen LogP) is 17.9. The molecular weight excluding hydrogens is 817 g/mol. The molecule has 0 aliphatic carbocycles. The highest BCUT2D eigenvalue weighted by Gasteiger charge is 2.19. The molecule has 374 valence electrons. The summed E-state index contributed by atoms with van der Waals surface area (Å²) in [5.41, 5.74) is 0. The largest absolute Gasteiger partial charge is 0.462 e. The van der Waals surface area contributed by atoms with E-state index in [0.717, 1.165) is 116 Å². The SMILES string of the molecule is CC/C=C\C/C=C\C/C=C\C/C=C\C/C=C\CCCCCCCC(=O)OCC(COC(=O)CC/C=C\C/C=C\C/C=C\C/C=C\CC)OC(=O)CCCCCCCCCCCCCCCC. The Balaban J connectivity index is 4.47. The fraction of sp³-hybridized carbons (Fsp3) is 0.650. The summed E-state index contributed by atoms with van der Waals surface area (Å²) < 4.78 is 16.7. The summed E-state index contributed by atoms with van der Waals surface area (Å²) >= 11 is 0. The number of hydrogen-bond acceptors (Lipinski definition) is 6. The van der Waals surface area contributed by atoms with Crippen LogP contribution in [-0.4, -0.2) is 37.2 Å². The highest BCUT2D eigenvalue weighted by Crippen LogP contribution is 2.15. The molecule has 6 nitrogen and oxygen atoms in total. The van der Waals surface area contributed by atoms with Crippen molar-refractivity contribution in [2.45, 2.75) is 239 Å². The zero-order valence-electron chi connectivity index (χ0n) is 42.7. The Morgan fingerprint density at radius 3 is 1.02 bits per heavy atom. The van der Waals surface area contributed by atoms with Crippen LogP contribution in [0.5, 0.6) is 0 Å². The number of unbranched alkanes of at least 4 members (excludes halogenated alkanes) is 18. The molecule has 1 unspecified atom stereocenters. The Hall–Kier alpha value is -3.93. The van der Waals surface area contributed by atoms with E-state index in [9.17, 15) is 14.4 Å². The fourth-order valence-corrected chi connectivity index (χ4v) is 7.07. The molecule has 0 saturated carbocycles. The third-order valence-electron chi connectivity index (χ3n) is 11.0. The van der Waals surface area contributed by atoms with E-state index in [4.69, 9.17) is 14.2 Å². The number of hydrogen-bond donors (Lipinski definition) is 0. The molecule has 0 spiro atoms. The molecule has 1 atom stereocenters. The van der Waals surface area contributed by atoms with Crippen LogP contribution >= 0.6 is 0 Å². The van der Waals surface area contributed by atoms with Crippen molar-refractivity contribution in [1.29, 1.82) is 0 Å². The van der Waals surface area contributed by atoms with Crippen LogP contribution in [0.4, 0.5) is 0 Å². The maximum Gasteiger partial charge on any atom is 0.306 e. The van der Waals surface area contributed by atoms with Gasteiger partial charge in [0, 0.05) is 19.3 Å². The number of esters is 3. The zero-order chi connectivity index (χ0) is 47.9. The summed E-state index contributed by atoms with van der Waals surface area (Å²) in [4.78, 5) is 38.0. The van der Waals surface area contributed by atoms with Crippen LogP contribution < -0.4 is 0 Å². The minimum absolute atomic E-state index is 0.110. The second-order valence-electron chi connectivity index (χ2n) is 17.4. The van der Waals surface area contributed by atoms with Gasteiger partial charge in [-0.2, -0.15) is 0 Å². The van der Waals surface area contributed by atoms with E-state index in [-0.39, 0.29) is 37.5 Å². The van der Waals surface area contributed by atoms with Crippen molar-refractivity contribution in [2.75, 3.05) is 13.2 Å². The van der Waals surface area contributed by atoms with Gasteiger partial charge in [-0.1, -0.05) is 233 Å². The quantitative estimate of drug-likeness (QED) is 0.0262. The van der Waals surface area contributed by atoms with Gasteiger partial charge >= 0.3 is 17.9 Å². The molecule has 0 N–H and O–H groups in total. The van der Waals surface area contributed by atoms with Crippen molar-refractivity contribution in [3.05, 3.63) is 109 Å². The van der Waals surface area contributed by atoms with Crippen LogP contribution in [0, 0.1) is 0 Å². The van der Waals surface area contributed by atoms with Crippen LogP contribution in [-0.2, 0) is 28.6 Å². The molecule has 0 heterocycles. The number of ether oxygens (including phenoxy) is 3. The first kappa shape index (κ1) is 62.1. The first-order valence-corrected chi connectivity index (χ1v) is 26.9. The summed E-state index contributed by atoms with van der Waals surface area (Å²) in [6, 6.07) is 0. The molecule has 0 rings (SSSR count). The molecule has 0 aromatic heterocycles. The van der Waals surface area contributed by atoms with Crippen molar-refractivity contribution in [2.24, 2.45) is 0 Å². The highest BCUT2D eigenvalue weighted by atomic mass is 16.6. The van der Waals surface area contributed by atoms with E-state index in [1.54, 1.807) is 0 Å². The van der Waals surface area contributed by atoms with E-state index in [1.807, 2.05) is 12.2 Å². The first-order chi connectivity index (χ1) is 32.5. The number of carbonyl (C=O) groups excluding carboxylic acids is 3. The average molecular weight is 915 g/mol. The summed E-state index contributed by atoms with van der Waals surface area (Å²) in [6.07, 6.45) is 72.3. The molecule has 0 amide bonds. The summed E-state index contributed by atoms with van der Waals surface area (Å²) in [7, 11) is 0. The molecule has 0 aromatic carbocycles. The first-order valence-electron chi connectivity index (χ1n) is 26.9. The lowest BCUT2D eigenvalue weighted by atomic mass is 10.0. The topological polar surface area (TPSA) is 78.9 Å². The van der Waals surface area contributed by atoms with E-state index in [2.05, 4.69) is 118 Å².